The summed E-state index contributed by atoms with van der Waals surface area (Å²) in [5.74, 6) is -0.437. The molecule has 0 aliphatic carbocycles. The number of hydrogen-bond acceptors (Lipinski definition) is 4. The van der Waals surface area contributed by atoms with Crippen molar-refractivity contribution in [3.63, 3.8) is 0 Å². The van der Waals surface area contributed by atoms with Gasteiger partial charge in [-0.1, -0.05) is 18.2 Å². The second-order valence-corrected chi connectivity index (χ2v) is 7.51. The van der Waals surface area contributed by atoms with Crippen LogP contribution in [0.15, 0.2) is 36.5 Å². The lowest BCUT2D eigenvalue weighted by molar-refractivity contribution is -0.148. The van der Waals surface area contributed by atoms with Crippen LogP contribution in [0.1, 0.15) is 41.8 Å². The number of alkyl halides is 3. The predicted octanol–water partition coefficient (Wildman–Crippen LogP) is 5.69. The van der Waals surface area contributed by atoms with E-state index in [-0.39, 0.29) is 0 Å². The molecule has 3 nitrogen and oxygen atoms in total. The van der Waals surface area contributed by atoms with E-state index in [4.69, 9.17) is 4.74 Å². The Bertz CT molecular complexity index is 813. The molecular weight excluding hydrogens is 363 g/mol. The van der Waals surface area contributed by atoms with Gasteiger partial charge < -0.3 is 4.74 Å². The molecule has 0 spiro atoms. The highest BCUT2D eigenvalue weighted by atomic mass is 32.1. The van der Waals surface area contributed by atoms with Gasteiger partial charge in [-0.05, 0) is 50.6 Å². The van der Waals surface area contributed by atoms with Gasteiger partial charge in [0.25, 0.3) is 0 Å². The molecule has 0 amide bonds. The van der Waals surface area contributed by atoms with Gasteiger partial charge in [0.1, 0.15) is 10.6 Å². The Labute approximate surface area is 153 Å². The first-order valence-electron chi connectivity index (χ1n) is 7.75. The van der Waals surface area contributed by atoms with Gasteiger partial charge in [0.2, 0.25) is 0 Å². The van der Waals surface area contributed by atoms with Crippen molar-refractivity contribution in [2.75, 3.05) is 0 Å². The van der Waals surface area contributed by atoms with Gasteiger partial charge in [0.15, 0.2) is 0 Å². The number of benzene rings is 1. The molecule has 138 valence electrons. The molecule has 26 heavy (non-hydrogen) atoms. The predicted molar refractivity (Wildman–Crippen MR) is 97.4 cm³/mol. The molecule has 2 aromatic rings. The van der Waals surface area contributed by atoms with Crippen LogP contribution in [-0.2, 0) is 15.7 Å². The van der Waals surface area contributed by atoms with Crippen LogP contribution in [0.25, 0.3) is 18.2 Å². The number of carbonyl (C=O) groups is 1. The van der Waals surface area contributed by atoms with Crippen molar-refractivity contribution in [2.45, 2.75) is 32.5 Å². The van der Waals surface area contributed by atoms with Crippen LogP contribution < -0.4 is 0 Å². The third-order valence-electron chi connectivity index (χ3n) is 2.99. The number of nitrogens with zero attached hydrogens (tertiary/aromatic N) is 1. The number of halogens is 3. The number of hydrogen-bond donors (Lipinski definition) is 0. The third-order valence-corrected chi connectivity index (χ3v) is 3.92. The highest BCUT2D eigenvalue weighted by Gasteiger charge is 2.29. The van der Waals surface area contributed by atoms with Crippen LogP contribution in [0.4, 0.5) is 13.2 Å². The van der Waals surface area contributed by atoms with Crippen molar-refractivity contribution in [3.8, 4) is 0 Å². The number of thiazole rings is 1. The SMILES string of the molecule is CC(C)(C)OC(=O)/C=C/c1cnc(/C=C/c2ccc(C(F)(F)F)cc2)s1. The number of aromatic nitrogens is 1. The standard InChI is InChI=1S/C19H18F3NO2S/c1-18(2,3)25-17(24)11-9-15-12-23-16(26-15)10-6-13-4-7-14(8-5-13)19(20,21)22/h4-12H,1-3H3/b10-6+,11-9+. The van der Waals surface area contributed by atoms with Crippen LogP contribution in [0.3, 0.4) is 0 Å². The van der Waals surface area contributed by atoms with Gasteiger partial charge in [-0.3, -0.25) is 0 Å². The van der Waals surface area contributed by atoms with E-state index >= 15 is 0 Å². The maximum atomic E-state index is 12.5. The number of esters is 1. The molecule has 0 atom stereocenters. The molecular formula is C19H18F3NO2S. The zero-order chi connectivity index (χ0) is 19.4. The number of carbonyl (C=O) groups excluding carboxylic acids is 1. The van der Waals surface area contributed by atoms with Crippen LogP contribution in [-0.4, -0.2) is 16.6 Å². The van der Waals surface area contributed by atoms with Crippen molar-refractivity contribution >= 4 is 35.5 Å². The molecule has 0 aliphatic heterocycles. The average Bonchev–Trinajstić information content (AvgIpc) is 2.97. The van der Waals surface area contributed by atoms with E-state index in [1.165, 1.54) is 29.5 Å². The zero-order valence-electron chi connectivity index (χ0n) is 14.5. The van der Waals surface area contributed by atoms with E-state index in [0.29, 0.717) is 10.6 Å². The van der Waals surface area contributed by atoms with Gasteiger partial charge in [-0.25, -0.2) is 9.78 Å². The maximum Gasteiger partial charge on any atom is 0.416 e. The van der Waals surface area contributed by atoms with E-state index < -0.39 is 23.3 Å². The van der Waals surface area contributed by atoms with Crippen LogP contribution in [0.2, 0.25) is 0 Å². The first-order chi connectivity index (χ1) is 12.0. The van der Waals surface area contributed by atoms with Gasteiger partial charge in [0, 0.05) is 17.2 Å². The van der Waals surface area contributed by atoms with Crippen LogP contribution in [0.5, 0.6) is 0 Å². The van der Waals surface area contributed by atoms with Crippen LogP contribution >= 0.6 is 11.3 Å². The summed E-state index contributed by atoms with van der Waals surface area (Å²) in [6.45, 7) is 5.36. The first kappa shape index (κ1) is 19.9. The molecule has 7 heteroatoms. The van der Waals surface area contributed by atoms with E-state index in [0.717, 1.165) is 17.0 Å². The normalized spacial score (nSPS) is 12.8. The second kappa shape index (κ2) is 7.86. The van der Waals surface area contributed by atoms with Gasteiger partial charge in [0.05, 0.1) is 5.56 Å². The van der Waals surface area contributed by atoms with Crippen molar-refractivity contribution in [1.29, 1.82) is 0 Å². The summed E-state index contributed by atoms with van der Waals surface area (Å²) in [5, 5.41) is 0.675. The van der Waals surface area contributed by atoms with Gasteiger partial charge >= 0.3 is 12.1 Å². The second-order valence-electron chi connectivity index (χ2n) is 6.42. The molecule has 1 heterocycles. The molecule has 0 aliphatic rings. The average molecular weight is 381 g/mol. The number of rotatable bonds is 4. The smallest absolute Gasteiger partial charge is 0.416 e. The Balaban J connectivity index is 1.99. The lowest BCUT2D eigenvalue weighted by Crippen LogP contribution is -2.22. The summed E-state index contributed by atoms with van der Waals surface area (Å²) >= 11 is 1.35. The minimum Gasteiger partial charge on any atom is -0.457 e. The number of ether oxygens (including phenoxy) is 1. The molecule has 0 bridgehead atoms. The summed E-state index contributed by atoms with van der Waals surface area (Å²) < 4.78 is 42.8. The van der Waals surface area contributed by atoms with Crippen molar-refractivity contribution in [3.05, 3.63) is 57.6 Å². The quantitative estimate of drug-likeness (QED) is 0.505. The minimum atomic E-state index is -4.34. The topological polar surface area (TPSA) is 39.2 Å². The molecule has 0 saturated heterocycles. The fourth-order valence-corrected chi connectivity index (χ4v) is 2.62. The Morgan fingerprint density at radius 3 is 2.31 bits per heavy atom. The Hall–Kier alpha value is -2.41. The summed E-state index contributed by atoms with van der Waals surface area (Å²) in [6, 6.07) is 4.87. The molecule has 0 saturated carbocycles. The van der Waals surface area contributed by atoms with E-state index in [1.807, 2.05) is 0 Å². The summed E-state index contributed by atoms with van der Waals surface area (Å²) in [5.41, 5.74) is -0.595. The monoisotopic (exact) mass is 381 g/mol. The lowest BCUT2D eigenvalue weighted by Gasteiger charge is -2.17. The van der Waals surface area contributed by atoms with Gasteiger partial charge in [-0.2, -0.15) is 13.2 Å². The minimum absolute atomic E-state index is 0.437. The summed E-state index contributed by atoms with van der Waals surface area (Å²) in [7, 11) is 0. The van der Waals surface area contributed by atoms with Gasteiger partial charge in [-0.15, -0.1) is 11.3 Å². The molecule has 0 fully saturated rings. The molecule has 0 unspecified atom stereocenters. The maximum absolute atomic E-state index is 12.5. The molecule has 2 rings (SSSR count). The zero-order valence-corrected chi connectivity index (χ0v) is 15.3. The molecule has 0 N–H and O–H groups in total. The van der Waals surface area contributed by atoms with Crippen LogP contribution in [0, 0.1) is 0 Å². The summed E-state index contributed by atoms with van der Waals surface area (Å²) in [6.07, 6.45) is 3.60. The fourth-order valence-electron chi connectivity index (χ4n) is 1.89. The fraction of sp³-hybridized carbons (Fsp3) is 0.263. The van der Waals surface area contributed by atoms with Crippen molar-refractivity contribution < 1.29 is 22.7 Å². The van der Waals surface area contributed by atoms with E-state index in [9.17, 15) is 18.0 Å². The Kier molecular flexibility index (Phi) is 6.02. The first-order valence-corrected chi connectivity index (χ1v) is 8.57. The summed E-state index contributed by atoms with van der Waals surface area (Å²) in [4.78, 5) is 16.6. The lowest BCUT2D eigenvalue weighted by atomic mass is 10.1. The Morgan fingerprint density at radius 1 is 1.08 bits per heavy atom. The molecule has 0 radical (unpaired) electrons. The van der Waals surface area contributed by atoms with Crippen molar-refractivity contribution in [1.82, 2.24) is 4.98 Å². The molecule has 1 aromatic carbocycles. The highest BCUT2D eigenvalue weighted by molar-refractivity contribution is 7.13. The molecule has 1 aromatic heterocycles. The highest BCUT2D eigenvalue weighted by Crippen LogP contribution is 2.29. The Morgan fingerprint density at radius 2 is 1.73 bits per heavy atom. The van der Waals surface area contributed by atoms with E-state index in [1.54, 1.807) is 45.2 Å². The van der Waals surface area contributed by atoms with Crippen molar-refractivity contribution in [2.24, 2.45) is 0 Å². The van der Waals surface area contributed by atoms with E-state index in [2.05, 4.69) is 4.98 Å². The third kappa shape index (κ3) is 6.48. The largest absolute Gasteiger partial charge is 0.457 e.